The number of benzene rings is 1. The second-order valence-electron chi connectivity index (χ2n) is 9.87. The molecule has 47 heavy (non-hydrogen) atoms. The molecule has 2 aromatic heterocycles. The molecule has 19 heteroatoms. The number of amides is 3. The van der Waals surface area contributed by atoms with Gasteiger partial charge in [0.2, 0.25) is 5.95 Å². The summed E-state index contributed by atoms with van der Waals surface area (Å²) in [7, 11) is 0. The van der Waals surface area contributed by atoms with Crippen molar-refractivity contribution in [3.63, 3.8) is 0 Å². The number of anilines is 2. The first-order valence-electron chi connectivity index (χ1n) is 13.4. The van der Waals surface area contributed by atoms with E-state index in [-0.39, 0.29) is 77.9 Å². The molecule has 0 aliphatic rings. The SMILES string of the molecule is CC(C)C(=O)/C=C(/CC([NH-])=O)C(=O)O.[NH-]C(=O)CC[C@H](NC(=O)c1ccc(NCc2cnc3nc(N)[nH]c(=O)c3n2)cc1)C(=O)O.[V+2]. The van der Waals surface area contributed by atoms with Crippen LogP contribution in [0.25, 0.3) is 22.6 Å². The van der Waals surface area contributed by atoms with Gasteiger partial charge in [-0.15, -0.1) is 0 Å². The number of aromatic amines is 1. The van der Waals surface area contributed by atoms with E-state index in [9.17, 15) is 33.6 Å². The zero-order chi connectivity index (χ0) is 34.6. The van der Waals surface area contributed by atoms with E-state index in [1.807, 2.05) is 0 Å². The van der Waals surface area contributed by atoms with Gasteiger partial charge in [-0.2, -0.15) is 4.98 Å². The monoisotopic (exact) mass is 688 g/mol. The maximum atomic E-state index is 12.3. The molecule has 0 saturated carbocycles. The summed E-state index contributed by atoms with van der Waals surface area (Å²) in [4.78, 5) is 92.7. The van der Waals surface area contributed by atoms with Gasteiger partial charge in [0.15, 0.2) is 16.9 Å². The molecule has 1 aromatic carbocycles. The van der Waals surface area contributed by atoms with E-state index >= 15 is 0 Å². The second-order valence-corrected chi connectivity index (χ2v) is 9.87. The van der Waals surface area contributed by atoms with Crippen LogP contribution >= 0.6 is 0 Å². The number of H-pyrrole nitrogens is 1. The Kier molecular flexibility index (Phi) is 15.4. The Morgan fingerprint density at radius 2 is 1.66 bits per heavy atom. The van der Waals surface area contributed by atoms with Crippen LogP contribution in [0.5, 0.6) is 0 Å². The molecule has 2 heterocycles. The van der Waals surface area contributed by atoms with Gasteiger partial charge in [-0.1, -0.05) is 13.8 Å². The fourth-order valence-electron chi connectivity index (χ4n) is 3.46. The van der Waals surface area contributed by atoms with Gasteiger partial charge < -0.3 is 47.6 Å². The number of nitrogens with zero attached hydrogens (tertiary/aromatic N) is 3. The summed E-state index contributed by atoms with van der Waals surface area (Å²) in [6, 6.07) is 4.95. The molecule has 0 aliphatic carbocycles. The van der Waals surface area contributed by atoms with E-state index < -0.39 is 47.7 Å². The fraction of sp³-hybridized carbons (Fsp3) is 0.286. The number of ketones is 1. The average molecular weight is 689 g/mol. The number of carbonyl (C=O) groups is 6. The van der Waals surface area contributed by atoms with Crippen molar-refractivity contribution in [2.45, 2.75) is 45.7 Å². The summed E-state index contributed by atoms with van der Waals surface area (Å²) < 4.78 is 0. The molecule has 3 amide bonds. The van der Waals surface area contributed by atoms with Crippen molar-refractivity contribution < 1.29 is 57.5 Å². The van der Waals surface area contributed by atoms with Crippen LogP contribution in [0.2, 0.25) is 0 Å². The maximum Gasteiger partial charge on any atom is 2.00 e. The largest absolute Gasteiger partial charge is 2.00 e. The predicted molar refractivity (Wildman–Crippen MR) is 163 cm³/mol. The van der Waals surface area contributed by atoms with E-state index in [0.29, 0.717) is 11.4 Å². The minimum absolute atomic E-state index is 0. The van der Waals surface area contributed by atoms with Crippen LogP contribution in [-0.4, -0.2) is 71.6 Å². The number of fused-ring (bicyclic) bond motifs is 1. The molecule has 0 saturated heterocycles. The Hall–Kier alpha value is -5.62. The normalized spacial score (nSPS) is 11.3. The molecule has 3 aromatic rings. The van der Waals surface area contributed by atoms with Crippen molar-refractivity contribution in [3.8, 4) is 0 Å². The first kappa shape index (κ1) is 39.4. The van der Waals surface area contributed by atoms with Gasteiger partial charge in [0, 0.05) is 35.1 Å². The Morgan fingerprint density at radius 3 is 2.19 bits per heavy atom. The first-order valence-corrected chi connectivity index (χ1v) is 13.4. The summed E-state index contributed by atoms with van der Waals surface area (Å²) >= 11 is 0. The van der Waals surface area contributed by atoms with Gasteiger partial charge in [0.1, 0.15) is 6.04 Å². The molecule has 1 radical (unpaired) electrons. The minimum atomic E-state index is -1.33. The Bertz CT molecular complexity index is 1720. The molecule has 0 unspecified atom stereocenters. The number of hydrogen-bond donors (Lipinski definition) is 6. The number of hydrogen-bond acceptors (Lipinski definition) is 12. The number of carboxylic acid groups (broad SMARTS) is 2. The number of nitrogens with two attached hydrogens (primary N) is 1. The number of rotatable bonds is 14. The fourth-order valence-corrected chi connectivity index (χ4v) is 3.46. The number of carbonyl (C=O) groups excluding carboxylic acids is 4. The van der Waals surface area contributed by atoms with Crippen LogP contribution in [0.15, 0.2) is 46.9 Å². The second kappa shape index (κ2) is 18.4. The van der Waals surface area contributed by atoms with Crippen LogP contribution in [0, 0.1) is 5.92 Å². The third-order valence-corrected chi connectivity index (χ3v) is 5.88. The molecule has 1 atom stereocenters. The zero-order valence-corrected chi connectivity index (χ0v) is 26.5. The standard InChI is InChI=1S/C19H20N8O5.C9H13NO4.V/c20-13(28)6-5-12(18(31)32)25-16(29)9-1-3-10(4-2-9)22-7-11-8-23-15-14(24-11)17(30)27-19(21)26-15;1-5(2)7(11)3-6(9(13)14)4-8(10)12;/h1-4,8,12H,5-7H2,(H8,20,21,22,23,25,26,27,28,29,30,31,32);3,5H,4H2,1-2H3,(H3,10,12,13,14);/q;;+2/p-2/b;6-3-;/t12-;;/m0../s1. The number of allylic oxidation sites excluding steroid dienone is 1. The molecular formula is C28H31N9O9V. The molecule has 0 fully saturated rings. The first-order chi connectivity index (χ1) is 21.6. The van der Waals surface area contributed by atoms with Gasteiger partial charge in [0.05, 0.1) is 24.3 Å². The van der Waals surface area contributed by atoms with Crippen molar-refractivity contribution in [2.75, 3.05) is 11.1 Å². The predicted octanol–water partition coefficient (Wildman–Crippen LogP) is 1.64. The van der Waals surface area contributed by atoms with E-state index in [2.05, 4.69) is 30.6 Å². The van der Waals surface area contributed by atoms with E-state index in [0.717, 1.165) is 6.08 Å². The van der Waals surface area contributed by atoms with Crippen LogP contribution < -0.4 is 21.9 Å². The van der Waals surface area contributed by atoms with Crippen LogP contribution in [0.1, 0.15) is 49.2 Å². The van der Waals surface area contributed by atoms with E-state index in [4.69, 9.17) is 27.4 Å². The smallest absolute Gasteiger partial charge is 0.668 e. The quantitative estimate of drug-likeness (QED) is 0.131. The summed E-state index contributed by atoms with van der Waals surface area (Å²) in [5, 5.41) is 23.2. The Labute approximate surface area is 278 Å². The summed E-state index contributed by atoms with van der Waals surface area (Å²) in [6.07, 6.45) is 1.40. The number of nitrogens with one attached hydrogen (secondary N) is 5. The van der Waals surface area contributed by atoms with Crippen molar-refractivity contribution in [2.24, 2.45) is 5.92 Å². The van der Waals surface area contributed by atoms with E-state index in [1.165, 1.54) is 18.3 Å². The molecule has 247 valence electrons. The van der Waals surface area contributed by atoms with Gasteiger partial charge >= 0.3 is 30.5 Å². The van der Waals surface area contributed by atoms with Gasteiger partial charge in [0.25, 0.3) is 11.5 Å². The number of nitrogen functional groups attached to an aromatic ring is 1. The Balaban J connectivity index is 0.000000625. The topological polar surface area (TPSA) is 312 Å². The van der Waals surface area contributed by atoms with Gasteiger partial charge in [-0.25, -0.2) is 19.6 Å². The van der Waals surface area contributed by atoms with Crippen LogP contribution in [-0.2, 0) is 49.1 Å². The minimum Gasteiger partial charge on any atom is -0.668 e. The average Bonchev–Trinajstić information content (AvgIpc) is 2.97. The summed E-state index contributed by atoms with van der Waals surface area (Å²) in [5.74, 6) is -5.88. The number of carboxylic acids is 2. The molecule has 9 N–H and O–H groups in total. The van der Waals surface area contributed by atoms with Crippen LogP contribution in [0.4, 0.5) is 11.6 Å². The summed E-state index contributed by atoms with van der Waals surface area (Å²) in [6.45, 7) is 3.49. The van der Waals surface area contributed by atoms with Crippen LogP contribution in [0.3, 0.4) is 0 Å². The molecular weight excluding hydrogens is 657 g/mol. The number of aliphatic carboxylic acids is 2. The van der Waals surface area contributed by atoms with Gasteiger partial charge in [-0.05, 0) is 43.2 Å². The van der Waals surface area contributed by atoms with Gasteiger partial charge in [-0.3, -0.25) is 19.4 Å². The van der Waals surface area contributed by atoms with Crippen molar-refractivity contribution in [1.82, 2.24) is 25.3 Å². The number of aromatic nitrogens is 4. The van der Waals surface area contributed by atoms with Crippen molar-refractivity contribution in [1.29, 1.82) is 0 Å². The molecule has 0 bridgehead atoms. The van der Waals surface area contributed by atoms with Crippen molar-refractivity contribution >= 4 is 58.2 Å². The third-order valence-electron chi connectivity index (χ3n) is 5.88. The van der Waals surface area contributed by atoms with Crippen molar-refractivity contribution in [3.05, 3.63) is 75.2 Å². The molecule has 0 aliphatic heterocycles. The molecule has 3 rings (SSSR count). The molecule has 0 spiro atoms. The Morgan fingerprint density at radius 1 is 1.02 bits per heavy atom. The maximum absolute atomic E-state index is 12.3. The zero-order valence-electron chi connectivity index (χ0n) is 25.1. The molecule has 18 nitrogen and oxygen atoms in total. The van der Waals surface area contributed by atoms with E-state index in [1.54, 1.807) is 26.0 Å². The summed E-state index contributed by atoms with van der Waals surface area (Å²) in [5.41, 5.74) is 19.6. The third kappa shape index (κ3) is 13.1.